The zero-order valence-electron chi connectivity index (χ0n) is 17.5. The van der Waals surface area contributed by atoms with Crippen molar-refractivity contribution in [1.29, 1.82) is 0 Å². The smallest absolute Gasteiger partial charge is 0.125 e. The van der Waals surface area contributed by atoms with E-state index in [9.17, 15) is 0 Å². The molecule has 0 fully saturated rings. The summed E-state index contributed by atoms with van der Waals surface area (Å²) in [5.41, 5.74) is 7.98. The van der Waals surface area contributed by atoms with Gasteiger partial charge in [-0.05, 0) is 59.4 Å². The molecular weight excluding hydrogens is 370 g/mol. The summed E-state index contributed by atoms with van der Waals surface area (Å²) in [5.74, 6) is 0. The van der Waals surface area contributed by atoms with Crippen molar-refractivity contribution in [2.75, 3.05) is 0 Å². The molecule has 2 heteroatoms. The Labute approximate surface area is 177 Å². The topological polar surface area (TPSA) is 12.9 Å². The summed E-state index contributed by atoms with van der Waals surface area (Å²) in [6.07, 6.45) is 5.00. The molecule has 0 bridgehead atoms. The molecule has 0 atom stereocenters. The van der Waals surface area contributed by atoms with Gasteiger partial charge in [-0.15, -0.1) is 11.3 Å². The van der Waals surface area contributed by atoms with Crippen molar-refractivity contribution in [3.8, 4) is 22.4 Å². The van der Waals surface area contributed by atoms with E-state index in [4.69, 9.17) is 4.98 Å². The van der Waals surface area contributed by atoms with Crippen LogP contribution in [0.1, 0.15) is 49.6 Å². The Morgan fingerprint density at radius 2 is 1.55 bits per heavy atom. The van der Waals surface area contributed by atoms with E-state index in [1.807, 2.05) is 11.3 Å². The lowest BCUT2D eigenvalue weighted by atomic mass is 9.86. The molecule has 2 heterocycles. The van der Waals surface area contributed by atoms with Gasteiger partial charge in [-0.3, -0.25) is 0 Å². The quantitative estimate of drug-likeness (QED) is 0.336. The lowest BCUT2D eigenvalue weighted by Crippen LogP contribution is -2.10. The number of rotatable bonds is 2. The minimum atomic E-state index is 0.165. The standard InChI is InChI=1S/C27H27NS/c1-27(2,3)20-15-13-19(14-16-20)23-17-22(18-9-5-4-6-10-18)25-21-11-7-8-12-24(21)29-26(25)28-23/h4-6,9-10,13-17H,7-8,11-12H2,1-3H3. The first-order valence-electron chi connectivity index (χ1n) is 10.6. The molecule has 2 aromatic heterocycles. The second-order valence-electron chi connectivity index (χ2n) is 9.14. The van der Waals surface area contributed by atoms with Crippen LogP contribution in [-0.2, 0) is 18.3 Å². The minimum Gasteiger partial charge on any atom is -0.237 e. The maximum Gasteiger partial charge on any atom is 0.125 e. The van der Waals surface area contributed by atoms with Crippen LogP contribution in [0.15, 0.2) is 60.7 Å². The van der Waals surface area contributed by atoms with Gasteiger partial charge in [0.15, 0.2) is 0 Å². The van der Waals surface area contributed by atoms with Gasteiger partial charge >= 0.3 is 0 Å². The van der Waals surface area contributed by atoms with Crippen molar-refractivity contribution in [3.63, 3.8) is 0 Å². The van der Waals surface area contributed by atoms with E-state index in [2.05, 4.69) is 81.4 Å². The van der Waals surface area contributed by atoms with Gasteiger partial charge in [0.2, 0.25) is 0 Å². The Bertz CT molecular complexity index is 1160. The van der Waals surface area contributed by atoms with Gasteiger partial charge in [-0.2, -0.15) is 0 Å². The lowest BCUT2D eigenvalue weighted by Gasteiger charge is -2.19. The second kappa shape index (κ2) is 7.11. The van der Waals surface area contributed by atoms with E-state index in [1.165, 1.54) is 58.2 Å². The molecule has 1 nitrogen and oxygen atoms in total. The highest BCUT2D eigenvalue weighted by Crippen LogP contribution is 2.42. The molecule has 2 aromatic carbocycles. The van der Waals surface area contributed by atoms with Crippen molar-refractivity contribution >= 4 is 21.6 Å². The highest BCUT2D eigenvalue weighted by Gasteiger charge is 2.21. The van der Waals surface area contributed by atoms with E-state index < -0.39 is 0 Å². The number of fused-ring (bicyclic) bond motifs is 3. The van der Waals surface area contributed by atoms with Gasteiger partial charge in [0.05, 0.1) is 5.69 Å². The molecule has 1 aliphatic rings. The molecule has 146 valence electrons. The number of hydrogen-bond donors (Lipinski definition) is 0. The average Bonchev–Trinajstić information content (AvgIpc) is 3.12. The van der Waals surface area contributed by atoms with E-state index >= 15 is 0 Å². The highest BCUT2D eigenvalue weighted by molar-refractivity contribution is 7.19. The summed E-state index contributed by atoms with van der Waals surface area (Å²) in [6.45, 7) is 6.78. The summed E-state index contributed by atoms with van der Waals surface area (Å²) >= 11 is 1.91. The van der Waals surface area contributed by atoms with Crippen LogP contribution in [0.2, 0.25) is 0 Å². The monoisotopic (exact) mass is 397 g/mol. The Balaban J connectivity index is 1.72. The molecule has 0 N–H and O–H groups in total. The average molecular weight is 398 g/mol. The molecule has 0 aliphatic heterocycles. The summed E-state index contributed by atoms with van der Waals surface area (Å²) in [5, 5.41) is 1.39. The molecule has 0 saturated carbocycles. The fourth-order valence-corrected chi connectivity index (χ4v) is 5.68. The Hall–Kier alpha value is -2.45. The maximum atomic E-state index is 5.15. The third-order valence-electron chi connectivity index (χ3n) is 6.06. The molecule has 0 amide bonds. The summed E-state index contributed by atoms with van der Waals surface area (Å²) in [6, 6.07) is 22.1. The van der Waals surface area contributed by atoms with Gasteiger partial charge in [-0.1, -0.05) is 75.4 Å². The zero-order valence-corrected chi connectivity index (χ0v) is 18.3. The zero-order chi connectivity index (χ0) is 20.0. The van der Waals surface area contributed by atoms with Crippen LogP contribution in [0, 0.1) is 0 Å². The third kappa shape index (κ3) is 3.40. The van der Waals surface area contributed by atoms with Gasteiger partial charge in [0.1, 0.15) is 4.83 Å². The van der Waals surface area contributed by atoms with Crippen molar-refractivity contribution in [2.24, 2.45) is 0 Å². The molecule has 1 aliphatic carbocycles. The van der Waals surface area contributed by atoms with Crippen LogP contribution in [0.25, 0.3) is 32.6 Å². The largest absolute Gasteiger partial charge is 0.237 e. The molecule has 0 unspecified atom stereocenters. The predicted octanol–water partition coefficient (Wildman–Crippen LogP) is 7.81. The molecule has 5 rings (SSSR count). The molecule has 29 heavy (non-hydrogen) atoms. The molecule has 4 aromatic rings. The lowest BCUT2D eigenvalue weighted by molar-refractivity contribution is 0.590. The van der Waals surface area contributed by atoms with E-state index in [-0.39, 0.29) is 5.41 Å². The second-order valence-corrected chi connectivity index (χ2v) is 10.2. The van der Waals surface area contributed by atoms with Crippen molar-refractivity contribution in [3.05, 3.63) is 76.7 Å². The molecule has 0 saturated heterocycles. The first kappa shape index (κ1) is 18.6. The van der Waals surface area contributed by atoms with Gasteiger partial charge < -0.3 is 0 Å². The summed E-state index contributed by atoms with van der Waals surface area (Å²) < 4.78 is 0. The summed E-state index contributed by atoms with van der Waals surface area (Å²) in [7, 11) is 0. The number of nitrogens with zero attached hydrogens (tertiary/aromatic N) is 1. The highest BCUT2D eigenvalue weighted by atomic mass is 32.1. The van der Waals surface area contributed by atoms with Gasteiger partial charge in [-0.25, -0.2) is 4.98 Å². The number of hydrogen-bond acceptors (Lipinski definition) is 2. The van der Waals surface area contributed by atoms with Crippen LogP contribution in [-0.4, -0.2) is 4.98 Å². The van der Waals surface area contributed by atoms with Crippen LogP contribution in [0.5, 0.6) is 0 Å². The molecule has 0 spiro atoms. The fourth-order valence-electron chi connectivity index (χ4n) is 4.39. The van der Waals surface area contributed by atoms with Crippen molar-refractivity contribution in [2.45, 2.75) is 51.9 Å². The predicted molar refractivity (Wildman–Crippen MR) is 126 cm³/mol. The van der Waals surface area contributed by atoms with E-state index in [0.29, 0.717) is 0 Å². The number of pyridine rings is 1. The molecular formula is C27H27NS. The van der Waals surface area contributed by atoms with Crippen LogP contribution >= 0.6 is 11.3 Å². The van der Waals surface area contributed by atoms with E-state index in [1.54, 1.807) is 10.4 Å². The Morgan fingerprint density at radius 1 is 0.828 bits per heavy atom. The Kier molecular flexibility index (Phi) is 4.55. The Morgan fingerprint density at radius 3 is 2.28 bits per heavy atom. The number of aromatic nitrogens is 1. The third-order valence-corrected chi connectivity index (χ3v) is 7.24. The maximum absolute atomic E-state index is 5.15. The number of benzene rings is 2. The SMILES string of the molecule is CC(C)(C)c1ccc(-c2cc(-c3ccccc3)c3c4c(sc3n2)CCCC4)cc1. The molecule has 0 radical (unpaired) electrons. The van der Waals surface area contributed by atoms with Gasteiger partial charge in [0.25, 0.3) is 0 Å². The van der Waals surface area contributed by atoms with Crippen molar-refractivity contribution in [1.82, 2.24) is 4.98 Å². The summed E-state index contributed by atoms with van der Waals surface area (Å²) in [4.78, 5) is 7.90. The number of thiophene rings is 1. The first-order chi connectivity index (χ1) is 14.0. The number of aryl methyl sites for hydroxylation is 2. The van der Waals surface area contributed by atoms with Gasteiger partial charge in [0, 0.05) is 15.8 Å². The fraction of sp³-hybridized carbons (Fsp3) is 0.296. The normalized spacial score (nSPS) is 14.2. The first-order valence-corrected chi connectivity index (χ1v) is 11.4. The minimum absolute atomic E-state index is 0.165. The van der Waals surface area contributed by atoms with Crippen molar-refractivity contribution < 1.29 is 0 Å². The van der Waals surface area contributed by atoms with Crippen LogP contribution in [0.4, 0.5) is 0 Å². The van der Waals surface area contributed by atoms with Crippen LogP contribution < -0.4 is 0 Å². The van der Waals surface area contributed by atoms with E-state index in [0.717, 1.165) is 5.69 Å². The van der Waals surface area contributed by atoms with Crippen LogP contribution in [0.3, 0.4) is 0 Å².